The van der Waals surface area contributed by atoms with Crippen molar-refractivity contribution in [1.29, 1.82) is 0 Å². The van der Waals surface area contributed by atoms with Crippen LogP contribution in [0.2, 0.25) is 0 Å². The Bertz CT molecular complexity index is 478. The van der Waals surface area contributed by atoms with Gasteiger partial charge in [-0.3, -0.25) is 0 Å². The predicted molar refractivity (Wildman–Crippen MR) is 68.8 cm³/mol. The van der Waals surface area contributed by atoms with Gasteiger partial charge in [-0.25, -0.2) is 15.0 Å². The van der Waals surface area contributed by atoms with Crippen LogP contribution < -0.4 is 5.32 Å². The third-order valence-electron chi connectivity index (χ3n) is 2.03. The smallest absolute Gasteiger partial charge is 0.230 e. The summed E-state index contributed by atoms with van der Waals surface area (Å²) in [5.74, 6) is 0.500. The number of aryl methyl sites for hydroxylation is 1. The quantitative estimate of drug-likeness (QED) is 0.717. The maximum atomic E-state index is 4.39. The third kappa shape index (κ3) is 2.45. The van der Waals surface area contributed by atoms with Crippen LogP contribution in [0.5, 0.6) is 0 Å². The van der Waals surface area contributed by atoms with Crippen molar-refractivity contribution in [1.82, 2.24) is 15.0 Å². The van der Waals surface area contributed by atoms with Gasteiger partial charge in [0.05, 0.1) is 5.69 Å². The topological polar surface area (TPSA) is 50.7 Å². The van der Waals surface area contributed by atoms with E-state index in [1.54, 1.807) is 0 Å². The number of hydrogen-bond acceptors (Lipinski definition) is 6. The lowest BCUT2D eigenvalue weighted by atomic mass is 10.2. The Morgan fingerprint density at radius 3 is 2.44 bits per heavy atom. The van der Waals surface area contributed by atoms with Crippen LogP contribution in [0.4, 0.5) is 11.6 Å². The molecule has 0 fully saturated rings. The fraction of sp³-hybridized carbons (Fsp3) is 0.100. The number of nitrogens with one attached hydrogen (secondary N) is 1. The first kappa shape index (κ1) is 11.2. The van der Waals surface area contributed by atoms with E-state index >= 15 is 0 Å². The van der Waals surface area contributed by atoms with Crippen molar-refractivity contribution in [2.24, 2.45) is 0 Å². The Morgan fingerprint density at radius 1 is 1.12 bits per heavy atom. The number of anilines is 2. The number of thiol groups is 2. The largest absolute Gasteiger partial charge is 0.323 e. The van der Waals surface area contributed by atoms with Gasteiger partial charge in [0.2, 0.25) is 5.95 Å². The zero-order chi connectivity index (χ0) is 11.5. The Balaban J connectivity index is 2.35. The van der Waals surface area contributed by atoms with Crippen LogP contribution in [0.25, 0.3) is 0 Å². The van der Waals surface area contributed by atoms with Crippen molar-refractivity contribution < 1.29 is 0 Å². The van der Waals surface area contributed by atoms with E-state index in [9.17, 15) is 0 Å². The number of aromatic nitrogens is 3. The van der Waals surface area contributed by atoms with Crippen molar-refractivity contribution in [3.8, 4) is 0 Å². The van der Waals surface area contributed by atoms with Crippen LogP contribution in [0.15, 0.2) is 34.6 Å². The van der Waals surface area contributed by atoms with Gasteiger partial charge < -0.3 is 5.32 Å². The van der Waals surface area contributed by atoms with E-state index < -0.39 is 0 Å². The summed E-state index contributed by atoms with van der Waals surface area (Å²) in [5, 5.41) is 3.10. The Morgan fingerprint density at radius 2 is 1.81 bits per heavy atom. The fourth-order valence-electron chi connectivity index (χ4n) is 1.33. The average molecular weight is 250 g/mol. The molecule has 16 heavy (non-hydrogen) atoms. The summed E-state index contributed by atoms with van der Waals surface area (Å²) in [6, 6.07) is 3.81. The lowest BCUT2D eigenvalue weighted by Gasteiger charge is -2.11. The predicted octanol–water partition coefficient (Wildman–Crippen LogP) is 2.50. The maximum Gasteiger partial charge on any atom is 0.230 e. The summed E-state index contributed by atoms with van der Waals surface area (Å²) in [7, 11) is 0. The van der Waals surface area contributed by atoms with Crippen LogP contribution >= 0.6 is 25.3 Å². The van der Waals surface area contributed by atoms with Crippen LogP contribution in [-0.4, -0.2) is 15.0 Å². The zero-order valence-corrected chi connectivity index (χ0v) is 10.3. The summed E-state index contributed by atoms with van der Waals surface area (Å²) >= 11 is 8.66. The van der Waals surface area contributed by atoms with Gasteiger partial charge in [-0.1, -0.05) is 0 Å². The van der Waals surface area contributed by atoms with Crippen LogP contribution in [0.1, 0.15) is 5.56 Å². The molecule has 0 saturated heterocycles. The lowest BCUT2D eigenvalue weighted by Crippen LogP contribution is -1.99. The molecule has 0 spiro atoms. The lowest BCUT2D eigenvalue weighted by molar-refractivity contribution is 1.05. The van der Waals surface area contributed by atoms with Gasteiger partial charge in [-0.15, -0.1) is 25.3 Å². The molecule has 0 unspecified atom stereocenters. The minimum absolute atomic E-state index is 0.500. The summed E-state index contributed by atoms with van der Waals surface area (Å²) in [6.45, 7) is 1.98. The number of nitrogens with zero attached hydrogens (tertiary/aromatic N) is 3. The van der Waals surface area contributed by atoms with Gasteiger partial charge in [0, 0.05) is 9.79 Å². The molecule has 0 aliphatic rings. The highest BCUT2D eigenvalue weighted by molar-refractivity contribution is 7.81. The van der Waals surface area contributed by atoms with E-state index in [4.69, 9.17) is 0 Å². The molecule has 0 amide bonds. The second kappa shape index (κ2) is 4.71. The molecule has 2 aromatic rings. The Hall–Kier alpha value is -1.27. The third-order valence-corrected chi connectivity index (χ3v) is 2.64. The molecule has 4 nitrogen and oxygen atoms in total. The van der Waals surface area contributed by atoms with E-state index in [0.717, 1.165) is 21.0 Å². The van der Waals surface area contributed by atoms with Gasteiger partial charge in [-0.05, 0) is 24.6 Å². The monoisotopic (exact) mass is 250 g/mol. The normalized spacial score (nSPS) is 10.2. The molecule has 1 heterocycles. The molecule has 0 aliphatic heterocycles. The van der Waals surface area contributed by atoms with Crippen molar-refractivity contribution in [3.63, 3.8) is 0 Å². The molecule has 6 heteroatoms. The molecule has 1 N–H and O–H groups in total. The van der Waals surface area contributed by atoms with Crippen molar-refractivity contribution in [2.75, 3.05) is 5.32 Å². The Labute approximate surface area is 104 Å². The van der Waals surface area contributed by atoms with E-state index in [2.05, 4.69) is 45.5 Å². The summed E-state index contributed by atoms with van der Waals surface area (Å²) in [5.41, 5.74) is 1.92. The van der Waals surface area contributed by atoms with Gasteiger partial charge in [0.15, 0.2) is 0 Å². The first-order valence-electron chi connectivity index (χ1n) is 4.58. The van der Waals surface area contributed by atoms with Gasteiger partial charge in [-0.2, -0.15) is 0 Å². The molecule has 0 bridgehead atoms. The second-order valence-corrected chi connectivity index (χ2v) is 4.24. The first-order valence-corrected chi connectivity index (χ1v) is 5.48. The summed E-state index contributed by atoms with van der Waals surface area (Å²) in [6.07, 6.45) is 2.88. The SMILES string of the molecule is Cc1cc(S)cc(S)c1Nc1ncncn1. The molecular formula is C10H10N4S2. The number of benzene rings is 1. The molecule has 1 aromatic carbocycles. The van der Waals surface area contributed by atoms with Crippen LogP contribution in [0, 0.1) is 6.92 Å². The van der Waals surface area contributed by atoms with E-state index in [1.807, 2.05) is 19.1 Å². The van der Waals surface area contributed by atoms with Gasteiger partial charge in [0.25, 0.3) is 0 Å². The molecule has 0 radical (unpaired) electrons. The van der Waals surface area contributed by atoms with E-state index in [-0.39, 0.29) is 0 Å². The van der Waals surface area contributed by atoms with E-state index in [1.165, 1.54) is 12.7 Å². The highest BCUT2D eigenvalue weighted by Gasteiger charge is 2.06. The zero-order valence-electron chi connectivity index (χ0n) is 8.55. The van der Waals surface area contributed by atoms with Crippen molar-refractivity contribution in [2.45, 2.75) is 16.7 Å². The molecule has 0 atom stereocenters. The van der Waals surface area contributed by atoms with Crippen molar-refractivity contribution >= 4 is 36.9 Å². The minimum atomic E-state index is 0.500. The summed E-state index contributed by atoms with van der Waals surface area (Å²) in [4.78, 5) is 13.4. The Kier molecular flexibility index (Phi) is 3.31. The molecule has 1 aromatic heterocycles. The molecular weight excluding hydrogens is 240 g/mol. The van der Waals surface area contributed by atoms with E-state index in [0.29, 0.717) is 5.95 Å². The molecule has 0 saturated carbocycles. The van der Waals surface area contributed by atoms with Crippen LogP contribution in [0.3, 0.4) is 0 Å². The highest BCUT2D eigenvalue weighted by Crippen LogP contribution is 2.28. The number of hydrogen-bond donors (Lipinski definition) is 3. The van der Waals surface area contributed by atoms with Crippen molar-refractivity contribution in [3.05, 3.63) is 30.4 Å². The fourth-order valence-corrected chi connectivity index (χ4v) is 2.12. The first-order chi connectivity index (χ1) is 7.66. The van der Waals surface area contributed by atoms with Gasteiger partial charge >= 0.3 is 0 Å². The number of rotatable bonds is 2. The van der Waals surface area contributed by atoms with Crippen LogP contribution in [-0.2, 0) is 0 Å². The maximum absolute atomic E-state index is 4.39. The standard InChI is InChI=1S/C10H10N4S2/c1-6-2-7(15)3-8(16)9(6)14-10-12-4-11-5-13-10/h2-5,15-16H,1H3,(H,11,12,13,14). The highest BCUT2D eigenvalue weighted by atomic mass is 32.1. The average Bonchev–Trinajstić information content (AvgIpc) is 2.25. The molecule has 2 rings (SSSR count). The minimum Gasteiger partial charge on any atom is -0.323 e. The van der Waals surface area contributed by atoms with Gasteiger partial charge in [0.1, 0.15) is 12.7 Å². The molecule has 82 valence electrons. The second-order valence-electron chi connectivity index (χ2n) is 3.24. The summed E-state index contributed by atoms with van der Waals surface area (Å²) < 4.78 is 0. The molecule has 0 aliphatic carbocycles.